The Labute approximate surface area is 96.4 Å². The van der Waals surface area contributed by atoms with Crippen LogP contribution in [0.25, 0.3) is 0 Å². The standard InChI is InChI=1S/C12H21NO3/c1-2-3-6-13-12(16)5-4-9-7-10(14)11(15)8-9/h4-5,9-11,14-15H,2-3,6-8H2,1H3,(H,13,16)/b5-4+/t9?,10-,11+. The second-order valence-electron chi connectivity index (χ2n) is 4.37. The molecule has 3 atom stereocenters. The lowest BCUT2D eigenvalue weighted by Gasteiger charge is -2.03. The smallest absolute Gasteiger partial charge is 0.243 e. The zero-order valence-corrected chi connectivity index (χ0v) is 9.72. The van der Waals surface area contributed by atoms with Crippen molar-refractivity contribution in [1.82, 2.24) is 5.32 Å². The van der Waals surface area contributed by atoms with Gasteiger partial charge >= 0.3 is 0 Å². The highest BCUT2D eigenvalue weighted by atomic mass is 16.3. The maximum Gasteiger partial charge on any atom is 0.243 e. The first-order chi connectivity index (χ1) is 7.63. The Morgan fingerprint density at radius 1 is 1.38 bits per heavy atom. The number of unbranched alkanes of at least 4 members (excludes halogenated alkanes) is 1. The van der Waals surface area contributed by atoms with Gasteiger partial charge in [-0.15, -0.1) is 0 Å². The normalized spacial score (nSPS) is 29.8. The zero-order chi connectivity index (χ0) is 12.0. The Hall–Kier alpha value is -0.870. The number of aliphatic hydroxyl groups excluding tert-OH is 2. The van der Waals surface area contributed by atoms with Crippen molar-refractivity contribution in [2.24, 2.45) is 5.92 Å². The summed E-state index contributed by atoms with van der Waals surface area (Å²) in [4.78, 5) is 11.3. The fourth-order valence-corrected chi connectivity index (χ4v) is 1.86. The van der Waals surface area contributed by atoms with Gasteiger partial charge in [0.05, 0.1) is 12.2 Å². The van der Waals surface area contributed by atoms with E-state index in [1.807, 2.05) is 0 Å². The van der Waals surface area contributed by atoms with Gasteiger partial charge in [-0.3, -0.25) is 4.79 Å². The van der Waals surface area contributed by atoms with Crippen LogP contribution in [0.4, 0.5) is 0 Å². The molecular weight excluding hydrogens is 206 g/mol. The van der Waals surface area contributed by atoms with E-state index in [1.54, 1.807) is 6.08 Å². The number of hydrogen-bond donors (Lipinski definition) is 3. The fourth-order valence-electron chi connectivity index (χ4n) is 1.86. The largest absolute Gasteiger partial charge is 0.390 e. The summed E-state index contributed by atoms with van der Waals surface area (Å²) in [6.07, 6.45) is 5.13. The van der Waals surface area contributed by atoms with E-state index in [-0.39, 0.29) is 11.8 Å². The predicted molar refractivity (Wildman–Crippen MR) is 61.8 cm³/mol. The first kappa shape index (κ1) is 13.2. The molecule has 1 aliphatic rings. The van der Waals surface area contributed by atoms with E-state index in [0.29, 0.717) is 19.4 Å². The molecule has 0 saturated heterocycles. The van der Waals surface area contributed by atoms with Crippen molar-refractivity contribution < 1.29 is 15.0 Å². The summed E-state index contributed by atoms with van der Waals surface area (Å²) in [5, 5.41) is 21.4. The van der Waals surface area contributed by atoms with Gasteiger partial charge in [-0.25, -0.2) is 0 Å². The van der Waals surface area contributed by atoms with Crippen LogP contribution in [0.2, 0.25) is 0 Å². The molecule has 1 unspecified atom stereocenters. The molecule has 16 heavy (non-hydrogen) atoms. The van der Waals surface area contributed by atoms with Gasteiger partial charge in [0.25, 0.3) is 0 Å². The summed E-state index contributed by atoms with van der Waals surface area (Å²) >= 11 is 0. The molecule has 0 heterocycles. The van der Waals surface area contributed by atoms with Crippen LogP contribution in [-0.2, 0) is 4.79 Å². The topological polar surface area (TPSA) is 69.6 Å². The van der Waals surface area contributed by atoms with E-state index in [9.17, 15) is 15.0 Å². The Balaban J connectivity index is 2.23. The van der Waals surface area contributed by atoms with E-state index >= 15 is 0 Å². The number of aliphatic hydroxyl groups is 2. The van der Waals surface area contributed by atoms with E-state index < -0.39 is 12.2 Å². The molecule has 0 bridgehead atoms. The van der Waals surface area contributed by atoms with Gasteiger partial charge in [-0.2, -0.15) is 0 Å². The summed E-state index contributed by atoms with van der Waals surface area (Å²) in [5.41, 5.74) is 0. The lowest BCUT2D eigenvalue weighted by Crippen LogP contribution is -2.22. The molecule has 1 saturated carbocycles. The maximum absolute atomic E-state index is 11.3. The quantitative estimate of drug-likeness (QED) is 0.475. The maximum atomic E-state index is 11.3. The van der Waals surface area contributed by atoms with Gasteiger partial charge < -0.3 is 15.5 Å². The summed E-state index contributed by atoms with van der Waals surface area (Å²) in [7, 11) is 0. The van der Waals surface area contributed by atoms with Crippen LogP contribution in [0.15, 0.2) is 12.2 Å². The van der Waals surface area contributed by atoms with Gasteiger partial charge in [0.15, 0.2) is 0 Å². The minimum absolute atomic E-state index is 0.0932. The van der Waals surface area contributed by atoms with Gasteiger partial charge in [-0.05, 0) is 31.3 Å². The number of amides is 1. The second-order valence-corrected chi connectivity index (χ2v) is 4.37. The molecule has 1 amide bonds. The lowest BCUT2D eigenvalue weighted by atomic mass is 10.1. The van der Waals surface area contributed by atoms with Gasteiger partial charge in [-0.1, -0.05) is 19.4 Å². The molecule has 0 aromatic rings. The van der Waals surface area contributed by atoms with Crippen LogP contribution in [0.3, 0.4) is 0 Å². The van der Waals surface area contributed by atoms with Gasteiger partial charge in [0.2, 0.25) is 5.91 Å². The number of allylic oxidation sites excluding steroid dienone is 1. The SMILES string of the molecule is CCCCNC(=O)/C=C/C1C[C@@H](O)[C@@H](O)C1. The van der Waals surface area contributed by atoms with Gasteiger partial charge in [0, 0.05) is 6.54 Å². The second kappa shape index (κ2) is 6.66. The van der Waals surface area contributed by atoms with Crippen molar-refractivity contribution in [3.8, 4) is 0 Å². The lowest BCUT2D eigenvalue weighted by molar-refractivity contribution is -0.116. The molecule has 1 aliphatic carbocycles. The van der Waals surface area contributed by atoms with Crippen LogP contribution in [0.5, 0.6) is 0 Å². The van der Waals surface area contributed by atoms with E-state index in [1.165, 1.54) is 6.08 Å². The summed E-state index contributed by atoms with van der Waals surface area (Å²) in [5.74, 6) is 0.0197. The predicted octanol–water partition coefficient (Wildman–Crippen LogP) is 0.591. The Morgan fingerprint density at radius 3 is 2.56 bits per heavy atom. The van der Waals surface area contributed by atoms with E-state index in [4.69, 9.17) is 0 Å². The molecule has 0 aromatic heterocycles. The fraction of sp³-hybridized carbons (Fsp3) is 0.750. The zero-order valence-electron chi connectivity index (χ0n) is 9.72. The number of hydrogen-bond acceptors (Lipinski definition) is 3. The molecular formula is C12H21NO3. The number of nitrogens with one attached hydrogen (secondary N) is 1. The van der Waals surface area contributed by atoms with Crippen molar-refractivity contribution in [3.05, 3.63) is 12.2 Å². The number of carbonyl (C=O) groups is 1. The molecule has 0 aliphatic heterocycles. The monoisotopic (exact) mass is 227 g/mol. The van der Waals surface area contributed by atoms with Crippen molar-refractivity contribution in [3.63, 3.8) is 0 Å². The minimum Gasteiger partial charge on any atom is -0.390 e. The highest BCUT2D eigenvalue weighted by molar-refractivity contribution is 5.87. The Bertz CT molecular complexity index is 243. The summed E-state index contributed by atoms with van der Waals surface area (Å²) < 4.78 is 0. The first-order valence-corrected chi connectivity index (χ1v) is 5.95. The molecule has 4 heteroatoms. The molecule has 0 radical (unpaired) electrons. The molecule has 3 N–H and O–H groups in total. The molecule has 0 aromatic carbocycles. The molecule has 0 spiro atoms. The van der Waals surface area contributed by atoms with Crippen LogP contribution in [-0.4, -0.2) is 34.9 Å². The average molecular weight is 227 g/mol. The van der Waals surface area contributed by atoms with Crippen LogP contribution >= 0.6 is 0 Å². The van der Waals surface area contributed by atoms with E-state index in [2.05, 4.69) is 12.2 Å². The Kier molecular flexibility index (Phi) is 5.49. The molecule has 1 fully saturated rings. The van der Waals surface area contributed by atoms with Crippen molar-refractivity contribution in [2.45, 2.75) is 44.8 Å². The average Bonchev–Trinajstić information content (AvgIpc) is 2.56. The van der Waals surface area contributed by atoms with Crippen molar-refractivity contribution in [1.29, 1.82) is 0 Å². The van der Waals surface area contributed by atoms with E-state index in [0.717, 1.165) is 12.8 Å². The Morgan fingerprint density at radius 2 is 2.00 bits per heavy atom. The third-order valence-electron chi connectivity index (χ3n) is 2.88. The van der Waals surface area contributed by atoms with Crippen LogP contribution < -0.4 is 5.32 Å². The molecule has 92 valence electrons. The van der Waals surface area contributed by atoms with Crippen molar-refractivity contribution >= 4 is 5.91 Å². The summed E-state index contributed by atoms with van der Waals surface area (Å²) in [6, 6.07) is 0. The minimum atomic E-state index is -0.641. The molecule has 1 rings (SSSR count). The van der Waals surface area contributed by atoms with Gasteiger partial charge in [0.1, 0.15) is 0 Å². The van der Waals surface area contributed by atoms with Crippen LogP contribution in [0.1, 0.15) is 32.6 Å². The highest BCUT2D eigenvalue weighted by Gasteiger charge is 2.29. The third kappa shape index (κ3) is 4.33. The molecule has 4 nitrogen and oxygen atoms in total. The third-order valence-corrected chi connectivity index (χ3v) is 2.88. The number of carbonyl (C=O) groups excluding carboxylic acids is 1. The highest BCUT2D eigenvalue weighted by Crippen LogP contribution is 2.26. The number of rotatable bonds is 5. The first-order valence-electron chi connectivity index (χ1n) is 5.95. The van der Waals surface area contributed by atoms with Crippen LogP contribution in [0, 0.1) is 5.92 Å². The van der Waals surface area contributed by atoms with Crippen molar-refractivity contribution in [2.75, 3.05) is 6.54 Å². The summed E-state index contributed by atoms with van der Waals surface area (Å²) in [6.45, 7) is 2.78.